The van der Waals surface area contributed by atoms with Gasteiger partial charge < -0.3 is 5.73 Å². The monoisotopic (exact) mass is 159 g/mol. The van der Waals surface area contributed by atoms with Gasteiger partial charge in [-0.25, -0.2) is 0 Å². The molecule has 1 aromatic rings. The van der Waals surface area contributed by atoms with Crippen LogP contribution in [-0.2, 0) is 6.42 Å². The van der Waals surface area contributed by atoms with E-state index < -0.39 is 0 Å². The molecule has 1 aliphatic rings. The summed E-state index contributed by atoms with van der Waals surface area (Å²) in [5.74, 6) is 0. The number of hydrogen-bond acceptors (Lipinski definition) is 1. The van der Waals surface area contributed by atoms with Crippen molar-refractivity contribution in [1.82, 2.24) is 0 Å². The topological polar surface area (TPSA) is 26.0 Å². The fourth-order valence-electron chi connectivity index (χ4n) is 1.65. The molecule has 1 nitrogen and oxygen atoms in total. The minimum Gasteiger partial charge on any atom is -0.327 e. The molecule has 1 heteroatoms. The van der Waals surface area contributed by atoms with Crippen LogP contribution >= 0.6 is 0 Å². The van der Waals surface area contributed by atoms with Crippen molar-refractivity contribution in [3.8, 4) is 0 Å². The summed E-state index contributed by atoms with van der Waals surface area (Å²) in [7, 11) is 0. The van der Waals surface area contributed by atoms with Crippen molar-refractivity contribution < 1.29 is 0 Å². The summed E-state index contributed by atoms with van der Waals surface area (Å²) in [4.78, 5) is 0. The average Bonchev–Trinajstić information content (AvgIpc) is 2.17. The van der Waals surface area contributed by atoms with Crippen molar-refractivity contribution in [2.45, 2.75) is 12.8 Å². The third kappa shape index (κ3) is 1.28. The summed E-state index contributed by atoms with van der Waals surface area (Å²) in [6.45, 7) is 0.703. The maximum absolute atomic E-state index is 5.59. The highest BCUT2D eigenvalue weighted by Gasteiger charge is 2.07. The second-order valence-electron chi connectivity index (χ2n) is 3.21. The lowest BCUT2D eigenvalue weighted by molar-refractivity contribution is 0.893. The van der Waals surface area contributed by atoms with Crippen LogP contribution in [0.2, 0.25) is 0 Å². The Bertz CT molecular complexity index is 313. The van der Waals surface area contributed by atoms with E-state index in [9.17, 15) is 0 Å². The quantitative estimate of drug-likeness (QED) is 0.666. The van der Waals surface area contributed by atoms with E-state index in [1.165, 1.54) is 16.7 Å². The minimum absolute atomic E-state index is 0.703. The molecule has 0 unspecified atom stereocenters. The third-order valence-electron chi connectivity index (χ3n) is 2.39. The highest BCUT2D eigenvalue weighted by atomic mass is 14.5. The number of aryl methyl sites for hydroxylation is 1. The number of nitrogens with two attached hydrogens (primary N) is 1. The number of rotatable bonds is 1. The maximum atomic E-state index is 5.59. The Kier molecular flexibility index (Phi) is 1.96. The molecule has 0 heterocycles. The van der Waals surface area contributed by atoms with Crippen molar-refractivity contribution in [2.75, 3.05) is 6.54 Å². The first kappa shape index (κ1) is 7.56. The zero-order valence-corrected chi connectivity index (χ0v) is 7.09. The van der Waals surface area contributed by atoms with Crippen LogP contribution in [0.25, 0.3) is 6.08 Å². The molecular formula is C11H13N. The zero-order chi connectivity index (χ0) is 8.39. The fraction of sp³-hybridized carbons (Fsp3) is 0.273. The molecular weight excluding hydrogens is 146 g/mol. The van der Waals surface area contributed by atoms with E-state index in [1.807, 2.05) is 0 Å². The van der Waals surface area contributed by atoms with E-state index in [4.69, 9.17) is 5.73 Å². The predicted molar refractivity (Wildman–Crippen MR) is 51.8 cm³/mol. The molecule has 0 spiro atoms. The first-order valence-electron chi connectivity index (χ1n) is 4.37. The van der Waals surface area contributed by atoms with E-state index in [-0.39, 0.29) is 0 Å². The van der Waals surface area contributed by atoms with Crippen LogP contribution in [0.3, 0.4) is 0 Å². The molecule has 1 aliphatic carbocycles. The second-order valence-corrected chi connectivity index (χ2v) is 3.21. The molecule has 0 aliphatic heterocycles. The first-order valence-corrected chi connectivity index (χ1v) is 4.37. The van der Waals surface area contributed by atoms with Gasteiger partial charge in [0.05, 0.1) is 0 Å². The summed E-state index contributed by atoms with van der Waals surface area (Å²) < 4.78 is 0. The van der Waals surface area contributed by atoms with Gasteiger partial charge in [-0.05, 0) is 24.0 Å². The Balaban J connectivity index is 2.41. The van der Waals surface area contributed by atoms with E-state index in [1.54, 1.807) is 0 Å². The lowest BCUT2D eigenvalue weighted by Crippen LogP contribution is -2.07. The SMILES string of the molecule is NCC1=Cc2ccccc2CC1. The fourth-order valence-corrected chi connectivity index (χ4v) is 1.65. The van der Waals surface area contributed by atoms with Gasteiger partial charge in [0.2, 0.25) is 0 Å². The Morgan fingerprint density at radius 2 is 2.00 bits per heavy atom. The van der Waals surface area contributed by atoms with Gasteiger partial charge in [-0.1, -0.05) is 35.9 Å². The van der Waals surface area contributed by atoms with Gasteiger partial charge in [0.1, 0.15) is 0 Å². The number of hydrogen-bond donors (Lipinski definition) is 1. The van der Waals surface area contributed by atoms with Gasteiger partial charge in [-0.15, -0.1) is 0 Å². The van der Waals surface area contributed by atoms with Crippen LogP contribution in [0, 0.1) is 0 Å². The van der Waals surface area contributed by atoms with Crippen molar-refractivity contribution in [1.29, 1.82) is 0 Å². The molecule has 2 rings (SSSR count). The average molecular weight is 159 g/mol. The van der Waals surface area contributed by atoms with Gasteiger partial charge in [0, 0.05) is 6.54 Å². The molecule has 0 amide bonds. The summed E-state index contributed by atoms with van der Waals surface area (Å²) in [6, 6.07) is 8.53. The van der Waals surface area contributed by atoms with Gasteiger partial charge in [-0.2, -0.15) is 0 Å². The summed E-state index contributed by atoms with van der Waals surface area (Å²) in [5, 5.41) is 0. The molecule has 0 bridgehead atoms. The molecule has 0 radical (unpaired) electrons. The summed E-state index contributed by atoms with van der Waals surface area (Å²) in [6.07, 6.45) is 4.51. The summed E-state index contributed by atoms with van der Waals surface area (Å²) >= 11 is 0. The van der Waals surface area contributed by atoms with Crippen LogP contribution < -0.4 is 5.73 Å². The van der Waals surface area contributed by atoms with Gasteiger partial charge in [0.15, 0.2) is 0 Å². The predicted octanol–water partition coefficient (Wildman–Crippen LogP) is 1.97. The minimum atomic E-state index is 0.703. The molecule has 0 aromatic heterocycles. The molecule has 0 fully saturated rings. The smallest absolute Gasteiger partial charge is 0.0140 e. The molecule has 0 saturated carbocycles. The van der Waals surface area contributed by atoms with E-state index in [0.717, 1.165) is 12.8 Å². The Labute approximate surface area is 72.9 Å². The van der Waals surface area contributed by atoms with Crippen molar-refractivity contribution in [2.24, 2.45) is 5.73 Å². The van der Waals surface area contributed by atoms with Gasteiger partial charge >= 0.3 is 0 Å². The third-order valence-corrected chi connectivity index (χ3v) is 2.39. The van der Waals surface area contributed by atoms with E-state index in [2.05, 4.69) is 30.3 Å². The van der Waals surface area contributed by atoms with Crippen molar-refractivity contribution in [3.63, 3.8) is 0 Å². The van der Waals surface area contributed by atoms with Crippen molar-refractivity contribution >= 4 is 6.08 Å². The largest absolute Gasteiger partial charge is 0.327 e. The van der Waals surface area contributed by atoms with Gasteiger partial charge in [0.25, 0.3) is 0 Å². The second kappa shape index (κ2) is 3.11. The Morgan fingerprint density at radius 3 is 2.83 bits per heavy atom. The molecule has 0 saturated heterocycles. The van der Waals surface area contributed by atoms with E-state index >= 15 is 0 Å². The van der Waals surface area contributed by atoms with Crippen molar-refractivity contribution in [3.05, 3.63) is 41.0 Å². The highest BCUT2D eigenvalue weighted by Crippen LogP contribution is 2.22. The molecule has 12 heavy (non-hydrogen) atoms. The van der Waals surface area contributed by atoms with Crippen LogP contribution in [-0.4, -0.2) is 6.54 Å². The normalized spacial score (nSPS) is 15.2. The van der Waals surface area contributed by atoms with E-state index in [0.29, 0.717) is 6.54 Å². The van der Waals surface area contributed by atoms with Crippen LogP contribution in [0.15, 0.2) is 29.8 Å². The number of benzene rings is 1. The molecule has 2 N–H and O–H groups in total. The summed E-state index contributed by atoms with van der Waals surface area (Å²) in [5.41, 5.74) is 9.77. The molecule has 1 aromatic carbocycles. The standard InChI is InChI=1S/C11H13N/c12-8-9-5-6-10-3-1-2-4-11(10)7-9/h1-4,7H,5-6,8,12H2. The highest BCUT2D eigenvalue weighted by molar-refractivity contribution is 5.59. The Morgan fingerprint density at radius 1 is 1.17 bits per heavy atom. The zero-order valence-electron chi connectivity index (χ0n) is 7.09. The number of fused-ring (bicyclic) bond motifs is 1. The Hall–Kier alpha value is -1.08. The molecule has 62 valence electrons. The lowest BCUT2D eigenvalue weighted by atomic mass is 9.92. The maximum Gasteiger partial charge on any atom is 0.0140 e. The van der Waals surface area contributed by atoms with Crippen LogP contribution in [0.4, 0.5) is 0 Å². The lowest BCUT2D eigenvalue weighted by Gasteiger charge is -2.14. The van der Waals surface area contributed by atoms with Crippen LogP contribution in [0.1, 0.15) is 17.5 Å². The first-order chi connectivity index (χ1) is 5.90. The van der Waals surface area contributed by atoms with Gasteiger partial charge in [-0.3, -0.25) is 0 Å². The molecule has 0 atom stereocenters. The van der Waals surface area contributed by atoms with Crippen LogP contribution in [0.5, 0.6) is 0 Å².